The van der Waals surface area contributed by atoms with Crippen LogP contribution in [0.4, 0.5) is 0 Å². The van der Waals surface area contributed by atoms with E-state index in [0.29, 0.717) is 10.3 Å². The standard InChI is InChI=1S/C24H32P2/c1-23(2,3)25-15-17-11-7-9-13-19(17)21(25)22-20-14-10-8-12-18(20)16-26(22)24(4,5)6/h7-14,21-22H,15-16H2,1-6H3/t21?,22?,25-,26?/m1/s1. The fourth-order valence-corrected chi connectivity index (χ4v) is 12.3. The molecule has 0 radical (unpaired) electrons. The lowest BCUT2D eigenvalue weighted by Crippen LogP contribution is -2.20. The lowest BCUT2D eigenvalue weighted by atomic mass is 9.98. The summed E-state index contributed by atoms with van der Waals surface area (Å²) in [6, 6.07) is 18.7. The van der Waals surface area contributed by atoms with Crippen LogP contribution in [0, 0.1) is 0 Å². The van der Waals surface area contributed by atoms with E-state index in [1.54, 1.807) is 22.3 Å². The highest BCUT2D eigenvalue weighted by atomic mass is 31.1. The van der Waals surface area contributed by atoms with Crippen LogP contribution in [-0.4, -0.2) is 10.3 Å². The van der Waals surface area contributed by atoms with Gasteiger partial charge < -0.3 is 0 Å². The third kappa shape index (κ3) is 3.08. The van der Waals surface area contributed by atoms with Gasteiger partial charge in [-0.25, -0.2) is 0 Å². The van der Waals surface area contributed by atoms with Crippen molar-refractivity contribution in [2.75, 3.05) is 0 Å². The minimum atomic E-state index is -0.0695. The molecule has 0 bridgehead atoms. The summed E-state index contributed by atoms with van der Waals surface area (Å²) in [5.74, 6) is 0. The first-order valence-electron chi connectivity index (χ1n) is 9.87. The number of benzene rings is 2. The Bertz CT molecular complexity index is 740. The Hall–Kier alpha value is -0.700. The Morgan fingerprint density at radius 1 is 0.615 bits per heavy atom. The van der Waals surface area contributed by atoms with Crippen LogP contribution in [0.2, 0.25) is 0 Å². The monoisotopic (exact) mass is 382 g/mol. The molecule has 2 heteroatoms. The molecule has 2 aromatic rings. The van der Waals surface area contributed by atoms with Crippen molar-refractivity contribution in [2.24, 2.45) is 0 Å². The van der Waals surface area contributed by atoms with Gasteiger partial charge >= 0.3 is 0 Å². The molecule has 2 heterocycles. The normalized spacial score (nSPS) is 28.1. The van der Waals surface area contributed by atoms with Crippen LogP contribution in [0.3, 0.4) is 0 Å². The van der Waals surface area contributed by atoms with Gasteiger partial charge in [0.25, 0.3) is 0 Å². The molecule has 138 valence electrons. The van der Waals surface area contributed by atoms with E-state index in [0.717, 1.165) is 11.3 Å². The first kappa shape index (κ1) is 18.7. The molecule has 0 amide bonds. The van der Waals surface area contributed by atoms with Gasteiger partial charge in [0.2, 0.25) is 0 Å². The number of hydrogen-bond donors (Lipinski definition) is 0. The first-order valence-corrected chi connectivity index (χ1v) is 13.1. The predicted molar refractivity (Wildman–Crippen MR) is 119 cm³/mol. The van der Waals surface area contributed by atoms with Gasteiger partial charge in [-0.05, 0) is 44.9 Å². The SMILES string of the molecule is CC(C)(C)P1Cc2ccccc2C1C1c2ccccc2C[P@@]1C(C)(C)C. The average Bonchev–Trinajstić information content (AvgIpc) is 3.12. The second kappa shape index (κ2) is 6.43. The van der Waals surface area contributed by atoms with Crippen LogP contribution in [0.25, 0.3) is 0 Å². The molecule has 0 saturated heterocycles. The first-order chi connectivity index (χ1) is 12.2. The Morgan fingerprint density at radius 3 is 1.31 bits per heavy atom. The van der Waals surface area contributed by atoms with Gasteiger partial charge in [-0.3, -0.25) is 0 Å². The zero-order valence-electron chi connectivity index (χ0n) is 17.1. The van der Waals surface area contributed by atoms with E-state index in [9.17, 15) is 0 Å². The van der Waals surface area contributed by atoms with Crippen molar-refractivity contribution < 1.29 is 0 Å². The van der Waals surface area contributed by atoms with E-state index in [4.69, 9.17) is 0 Å². The van der Waals surface area contributed by atoms with Crippen LogP contribution >= 0.6 is 15.8 Å². The van der Waals surface area contributed by atoms with Crippen LogP contribution in [-0.2, 0) is 12.3 Å². The summed E-state index contributed by atoms with van der Waals surface area (Å²) in [5.41, 5.74) is 8.07. The molecule has 3 unspecified atom stereocenters. The quantitative estimate of drug-likeness (QED) is 0.438. The van der Waals surface area contributed by atoms with E-state index < -0.39 is 0 Å². The molecule has 0 spiro atoms. The van der Waals surface area contributed by atoms with E-state index in [2.05, 4.69) is 90.1 Å². The fraction of sp³-hybridized carbons (Fsp3) is 0.500. The van der Waals surface area contributed by atoms with Crippen molar-refractivity contribution in [2.45, 2.75) is 75.5 Å². The van der Waals surface area contributed by atoms with Crippen molar-refractivity contribution in [3.63, 3.8) is 0 Å². The van der Waals surface area contributed by atoms with Crippen LogP contribution in [0.1, 0.15) is 75.1 Å². The Kier molecular flexibility index (Phi) is 4.61. The average molecular weight is 382 g/mol. The summed E-state index contributed by atoms with van der Waals surface area (Å²) >= 11 is 0. The lowest BCUT2D eigenvalue weighted by molar-refractivity contribution is 0.736. The summed E-state index contributed by atoms with van der Waals surface area (Å²) < 4.78 is 0. The van der Waals surface area contributed by atoms with Gasteiger partial charge in [0.1, 0.15) is 0 Å². The second-order valence-corrected chi connectivity index (χ2v) is 16.2. The van der Waals surface area contributed by atoms with Crippen molar-refractivity contribution in [3.8, 4) is 0 Å². The predicted octanol–water partition coefficient (Wildman–Crippen LogP) is 8.06. The molecule has 2 aromatic carbocycles. The zero-order valence-corrected chi connectivity index (χ0v) is 18.9. The van der Waals surface area contributed by atoms with E-state index in [1.165, 1.54) is 12.3 Å². The highest BCUT2D eigenvalue weighted by Crippen LogP contribution is 2.80. The summed E-state index contributed by atoms with van der Waals surface area (Å²) in [6.45, 7) is 14.9. The Balaban J connectivity index is 1.89. The van der Waals surface area contributed by atoms with Gasteiger partial charge in [0.15, 0.2) is 0 Å². The number of hydrogen-bond acceptors (Lipinski definition) is 0. The van der Waals surface area contributed by atoms with Gasteiger partial charge in [-0.2, -0.15) is 0 Å². The molecule has 0 saturated carbocycles. The molecule has 4 atom stereocenters. The molecule has 2 aliphatic rings. The van der Waals surface area contributed by atoms with E-state index in [-0.39, 0.29) is 15.8 Å². The largest absolute Gasteiger partial charge is 0.0880 e. The van der Waals surface area contributed by atoms with Crippen LogP contribution < -0.4 is 0 Å². The van der Waals surface area contributed by atoms with Crippen molar-refractivity contribution in [1.82, 2.24) is 0 Å². The molecule has 0 fully saturated rings. The molecular formula is C24H32P2. The highest BCUT2D eigenvalue weighted by Gasteiger charge is 2.50. The maximum absolute atomic E-state index is 2.48. The van der Waals surface area contributed by atoms with Gasteiger partial charge in [-0.15, -0.1) is 0 Å². The van der Waals surface area contributed by atoms with Crippen molar-refractivity contribution >= 4 is 15.8 Å². The van der Waals surface area contributed by atoms with Gasteiger partial charge in [-0.1, -0.05) is 106 Å². The van der Waals surface area contributed by atoms with E-state index in [1.807, 2.05) is 0 Å². The molecule has 0 N–H and O–H groups in total. The third-order valence-electron chi connectivity index (χ3n) is 6.12. The summed E-state index contributed by atoms with van der Waals surface area (Å²) in [4.78, 5) is 0. The Morgan fingerprint density at radius 2 is 0.962 bits per heavy atom. The third-order valence-corrected chi connectivity index (χ3v) is 13.7. The second-order valence-electron chi connectivity index (χ2n) is 9.88. The molecule has 4 rings (SSSR count). The summed E-state index contributed by atoms with van der Waals surface area (Å²) in [6.07, 6.45) is 2.62. The molecule has 2 aliphatic heterocycles. The van der Waals surface area contributed by atoms with Crippen LogP contribution in [0.5, 0.6) is 0 Å². The number of rotatable bonds is 1. The maximum Gasteiger partial charge on any atom is 0.0161 e. The summed E-state index contributed by atoms with van der Waals surface area (Å²) in [7, 11) is -0.139. The molecule has 0 aromatic heterocycles. The zero-order chi connectivity index (χ0) is 18.7. The smallest absolute Gasteiger partial charge is 0.0161 e. The maximum atomic E-state index is 2.48. The minimum Gasteiger partial charge on any atom is -0.0880 e. The van der Waals surface area contributed by atoms with Crippen molar-refractivity contribution in [1.29, 1.82) is 0 Å². The fourth-order valence-electron chi connectivity index (χ4n) is 4.82. The van der Waals surface area contributed by atoms with Crippen molar-refractivity contribution in [3.05, 3.63) is 70.8 Å². The van der Waals surface area contributed by atoms with Gasteiger partial charge in [0.05, 0.1) is 0 Å². The van der Waals surface area contributed by atoms with Gasteiger partial charge in [0, 0.05) is 11.3 Å². The highest BCUT2D eigenvalue weighted by molar-refractivity contribution is 7.63. The summed E-state index contributed by atoms with van der Waals surface area (Å²) in [5, 5.41) is 0.797. The molecule has 0 nitrogen and oxygen atoms in total. The van der Waals surface area contributed by atoms with E-state index >= 15 is 0 Å². The molecule has 26 heavy (non-hydrogen) atoms. The topological polar surface area (TPSA) is 0 Å². The number of fused-ring (bicyclic) bond motifs is 2. The molecular weight excluding hydrogens is 350 g/mol. The van der Waals surface area contributed by atoms with Crippen LogP contribution in [0.15, 0.2) is 48.5 Å². The molecule has 0 aliphatic carbocycles. The Labute approximate surface area is 162 Å². The lowest BCUT2D eigenvalue weighted by Gasteiger charge is -2.42. The minimum absolute atomic E-state index is 0.0695.